The van der Waals surface area contributed by atoms with Gasteiger partial charge in [-0.2, -0.15) is 10.2 Å². The van der Waals surface area contributed by atoms with Gasteiger partial charge in [0.1, 0.15) is 5.82 Å². The lowest BCUT2D eigenvalue weighted by atomic mass is 10.1. The Morgan fingerprint density at radius 1 is 1.25 bits per heavy atom. The fourth-order valence-corrected chi connectivity index (χ4v) is 2.89. The Morgan fingerprint density at radius 2 is 1.96 bits per heavy atom. The number of hydrogen-bond donors (Lipinski definition) is 2. The summed E-state index contributed by atoms with van der Waals surface area (Å²) in [5.41, 5.74) is 2.54. The number of nitrogens with one attached hydrogen (secondary N) is 2. The number of rotatable bonds is 8. The molecular formula is C17H28N6O. The molecule has 0 bridgehead atoms. The molecule has 2 aromatic rings. The molecule has 0 aliphatic rings. The summed E-state index contributed by atoms with van der Waals surface area (Å²) in [6, 6.07) is 2.33. The second-order valence-corrected chi connectivity index (χ2v) is 6.04. The van der Waals surface area contributed by atoms with Crippen molar-refractivity contribution in [3.05, 3.63) is 29.2 Å². The Hall–Kier alpha value is -2.31. The van der Waals surface area contributed by atoms with Crippen LogP contribution in [0.5, 0.6) is 0 Å². The molecular weight excluding hydrogens is 304 g/mol. The molecule has 0 spiro atoms. The summed E-state index contributed by atoms with van der Waals surface area (Å²) in [4.78, 5) is 12.4. The third kappa shape index (κ3) is 3.96. The highest BCUT2D eigenvalue weighted by molar-refractivity contribution is 5.95. The fourth-order valence-electron chi connectivity index (χ4n) is 2.89. The number of nitrogens with zero attached hydrogens (tertiary/aromatic N) is 4. The van der Waals surface area contributed by atoms with Crippen LogP contribution < -0.4 is 10.6 Å². The third-order valence-corrected chi connectivity index (χ3v) is 4.30. The topological polar surface area (TPSA) is 76.8 Å². The number of amides is 1. The van der Waals surface area contributed by atoms with Crippen LogP contribution in [-0.2, 0) is 7.05 Å². The molecule has 2 heterocycles. The number of carbonyl (C=O) groups is 1. The van der Waals surface area contributed by atoms with E-state index in [0.717, 1.165) is 30.0 Å². The van der Waals surface area contributed by atoms with E-state index >= 15 is 0 Å². The van der Waals surface area contributed by atoms with Gasteiger partial charge in [-0.3, -0.25) is 14.2 Å². The zero-order chi connectivity index (χ0) is 17.7. The summed E-state index contributed by atoms with van der Waals surface area (Å²) >= 11 is 0. The minimum absolute atomic E-state index is 0.0762. The van der Waals surface area contributed by atoms with Gasteiger partial charge in [-0.1, -0.05) is 13.8 Å². The molecule has 0 saturated carbocycles. The summed E-state index contributed by atoms with van der Waals surface area (Å²) in [5, 5.41) is 14.9. The van der Waals surface area contributed by atoms with E-state index in [9.17, 15) is 4.79 Å². The molecule has 0 unspecified atom stereocenters. The zero-order valence-electron chi connectivity index (χ0n) is 15.3. The second kappa shape index (κ2) is 7.99. The standard InChI is InChI=1S/C17H28N6O/c1-6-14(7-2)23-13(4)15(11-20-23)17(24)19-9-8-18-16-10-12(3)21-22(16)5/h10-11,14,18H,6-9H2,1-5H3,(H,19,24). The van der Waals surface area contributed by atoms with Gasteiger partial charge in [0, 0.05) is 31.9 Å². The Bertz CT molecular complexity index is 683. The largest absolute Gasteiger partial charge is 0.369 e. The van der Waals surface area contributed by atoms with Gasteiger partial charge in [-0.05, 0) is 26.7 Å². The molecule has 1 amide bonds. The smallest absolute Gasteiger partial charge is 0.254 e. The maximum atomic E-state index is 12.4. The minimum atomic E-state index is -0.0762. The van der Waals surface area contributed by atoms with E-state index < -0.39 is 0 Å². The van der Waals surface area contributed by atoms with Crippen molar-refractivity contribution in [2.24, 2.45) is 7.05 Å². The Morgan fingerprint density at radius 3 is 2.54 bits per heavy atom. The van der Waals surface area contributed by atoms with Crippen molar-refractivity contribution in [1.29, 1.82) is 0 Å². The molecule has 7 heteroatoms. The van der Waals surface area contributed by atoms with Gasteiger partial charge < -0.3 is 10.6 Å². The quantitative estimate of drug-likeness (QED) is 0.728. The normalized spacial score (nSPS) is 11.1. The van der Waals surface area contributed by atoms with Gasteiger partial charge >= 0.3 is 0 Å². The highest BCUT2D eigenvalue weighted by Gasteiger charge is 2.17. The number of anilines is 1. The van der Waals surface area contributed by atoms with Crippen molar-refractivity contribution in [3.8, 4) is 0 Å². The fraction of sp³-hybridized carbons (Fsp3) is 0.588. The first kappa shape index (κ1) is 18.0. The predicted octanol–water partition coefficient (Wildman–Crippen LogP) is 2.44. The molecule has 0 radical (unpaired) electrons. The SMILES string of the molecule is CCC(CC)n1ncc(C(=O)NCCNc2cc(C)nn2C)c1C. The molecule has 0 atom stereocenters. The second-order valence-electron chi connectivity index (χ2n) is 6.04. The summed E-state index contributed by atoms with van der Waals surface area (Å²) in [7, 11) is 1.89. The molecule has 0 aliphatic heterocycles. The van der Waals surface area contributed by atoms with Crippen molar-refractivity contribution >= 4 is 11.7 Å². The molecule has 0 aliphatic carbocycles. The van der Waals surface area contributed by atoms with E-state index in [1.807, 2.05) is 31.6 Å². The molecule has 2 rings (SSSR count). The molecule has 24 heavy (non-hydrogen) atoms. The average molecular weight is 332 g/mol. The van der Waals surface area contributed by atoms with E-state index in [0.29, 0.717) is 24.7 Å². The van der Waals surface area contributed by atoms with Gasteiger partial charge in [-0.25, -0.2) is 0 Å². The van der Waals surface area contributed by atoms with Gasteiger partial charge in [0.2, 0.25) is 0 Å². The van der Waals surface area contributed by atoms with Crippen LogP contribution in [0.4, 0.5) is 5.82 Å². The lowest BCUT2D eigenvalue weighted by Gasteiger charge is -2.15. The van der Waals surface area contributed by atoms with Crippen molar-refractivity contribution in [2.45, 2.75) is 46.6 Å². The van der Waals surface area contributed by atoms with Crippen LogP contribution in [0.3, 0.4) is 0 Å². The Balaban J connectivity index is 1.88. The summed E-state index contributed by atoms with van der Waals surface area (Å²) in [5.74, 6) is 0.868. The van der Waals surface area contributed by atoms with Crippen molar-refractivity contribution in [3.63, 3.8) is 0 Å². The summed E-state index contributed by atoms with van der Waals surface area (Å²) < 4.78 is 3.76. The first-order valence-corrected chi connectivity index (χ1v) is 8.54. The van der Waals surface area contributed by atoms with E-state index in [1.54, 1.807) is 10.9 Å². The number of aryl methyl sites for hydroxylation is 2. The number of carbonyl (C=O) groups excluding carboxylic acids is 1. The van der Waals surface area contributed by atoms with Gasteiger partial charge in [0.05, 0.1) is 23.5 Å². The van der Waals surface area contributed by atoms with Gasteiger partial charge in [0.15, 0.2) is 0 Å². The first-order valence-electron chi connectivity index (χ1n) is 8.54. The molecule has 2 N–H and O–H groups in total. The third-order valence-electron chi connectivity index (χ3n) is 4.30. The van der Waals surface area contributed by atoms with Crippen LogP contribution in [0.15, 0.2) is 12.3 Å². The first-order chi connectivity index (χ1) is 11.5. The van der Waals surface area contributed by atoms with Crippen LogP contribution in [0.2, 0.25) is 0 Å². The van der Waals surface area contributed by atoms with E-state index in [4.69, 9.17) is 0 Å². The van der Waals surface area contributed by atoms with Crippen molar-refractivity contribution < 1.29 is 4.79 Å². The minimum Gasteiger partial charge on any atom is -0.369 e. The molecule has 2 aromatic heterocycles. The van der Waals surface area contributed by atoms with Gasteiger partial charge in [-0.15, -0.1) is 0 Å². The monoisotopic (exact) mass is 332 g/mol. The lowest BCUT2D eigenvalue weighted by Crippen LogP contribution is -2.29. The Kier molecular flexibility index (Phi) is 6.00. The van der Waals surface area contributed by atoms with E-state index in [1.165, 1.54) is 0 Å². The summed E-state index contributed by atoms with van der Waals surface area (Å²) in [6.07, 6.45) is 3.68. The van der Waals surface area contributed by atoms with Crippen LogP contribution in [0.25, 0.3) is 0 Å². The van der Waals surface area contributed by atoms with Crippen molar-refractivity contribution in [1.82, 2.24) is 24.9 Å². The summed E-state index contributed by atoms with van der Waals surface area (Å²) in [6.45, 7) is 9.37. The maximum absolute atomic E-state index is 12.4. The number of aromatic nitrogens is 4. The molecule has 0 saturated heterocycles. The van der Waals surface area contributed by atoms with Crippen LogP contribution in [0, 0.1) is 13.8 Å². The highest BCUT2D eigenvalue weighted by Crippen LogP contribution is 2.19. The molecule has 0 aromatic carbocycles. The number of hydrogen-bond acceptors (Lipinski definition) is 4. The van der Waals surface area contributed by atoms with E-state index in [-0.39, 0.29) is 5.91 Å². The van der Waals surface area contributed by atoms with Crippen LogP contribution in [-0.4, -0.2) is 38.6 Å². The predicted molar refractivity (Wildman–Crippen MR) is 95.4 cm³/mol. The highest BCUT2D eigenvalue weighted by atomic mass is 16.1. The average Bonchev–Trinajstić information content (AvgIpc) is 3.08. The lowest BCUT2D eigenvalue weighted by molar-refractivity contribution is 0.0954. The van der Waals surface area contributed by atoms with Crippen LogP contribution in [0.1, 0.15) is 54.5 Å². The zero-order valence-corrected chi connectivity index (χ0v) is 15.3. The molecule has 0 fully saturated rings. The van der Waals surface area contributed by atoms with E-state index in [2.05, 4.69) is 34.7 Å². The van der Waals surface area contributed by atoms with Crippen molar-refractivity contribution in [2.75, 3.05) is 18.4 Å². The maximum Gasteiger partial charge on any atom is 0.254 e. The van der Waals surface area contributed by atoms with Gasteiger partial charge in [0.25, 0.3) is 5.91 Å². The van der Waals surface area contributed by atoms with Crippen LogP contribution >= 0.6 is 0 Å². The Labute approximate surface area is 143 Å². The molecule has 132 valence electrons. The molecule has 7 nitrogen and oxygen atoms in total.